The smallest absolute Gasteiger partial charge is 0.0864 e. The van der Waals surface area contributed by atoms with Crippen LogP contribution in [0, 0.1) is 6.92 Å². The molecule has 0 heterocycles. The van der Waals surface area contributed by atoms with Gasteiger partial charge in [-0.3, -0.25) is 4.99 Å². The van der Waals surface area contributed by atoms with Crippen LogP contribution in [0.25, 0.3) is 5.57 Å². The molecular weight excluding hydrogens is 377 g/mol. The van der Waals surface area contributed by atoms with Crippen molar-refractivity contribution in [1.29, 1.82) is 0 Å². The van der Waals surface area contributed by atoms with Gasteiger partial charge in [-0.25, -0.2) is 0 Å². The second-order valence-electron chi connectivity index (χ2n) is 7.50. The Balaban J connectivity index is 1.87. The Hall–Kier alpha value is -1.29. The second-order valence-corrected chi connectivity index (χ2v) is 8.36. The highest BCUT2D eigenvalue weighted by atomic mass is 35.5. The molecule has 0 aliphatic heterocycles. The molecule has 1 saturated carbocycles. The van der Waals surface area contributed by atoms with Crippen LogP contribution in [0.1, 0.15) is 61.6 Å². The molecule has 5 heteroatoms. The molecule has 146 valence electrons. The molecule has 1 aromatic rings. The fourth-order valence-corrected chi connectivity index (χ4v) is 4.35. The Morgan fingerprint density at radius 1 is 1.15 bits per heavy atom. The van der Waals surface area contributed by atoms with E-state index < -0.39 is 0 Å². The maximum absolute atomic E-state index is 6.28. The SMILES string of the molecule is CN=CNc1c(C)cc(C2=CC(Cl)=C(Cl)CC2)cc1CNC1CCCCC1. The molecule has 3 nitrogen and oxygen atoms in total. The minimum absolute atomic E-state index is 0.625. The number of anilines is 1. The summed E-state index contributed by atoms with van der Waals surface area (Å²) in [5.41, 5.74) is 6.11. The third-order valence-corrected chi connectivity index (χ3v) is 6.31. The number of benzene rings is 1. The summed E-state index contributed by atoms with van der Waals surface area (Å²) in [4.78, 5) is 4.09. The van der Waals surface area contributed by atoms with E-state index in [1.807, 2.05) is 6.08 Å². The van der Waals surface area contributed by atoms with Crippen molar-refractivity contribution >= 4 is 40.8 Å². The van der Waals surface area contributed by atoms with Gasteiger partial charge in [0, 0.05) is 30.4 Å². The van der Waals surface area contributed by atoms with Gasteiger partial charge in [-0.05, 0) is 73.1 Å². The average Bonchev–Trinajstić information content (AvgIpc) is 2.68. The summed E-state index contributed by atoms with van der Waals surface area (Å²) < 4.78 is 0. The third-order valence-electron chi connectivity index (χ3n) is 5.49. The van der Waals surface area contributed by atoms with Crippen LogP contribution in [0.4, 0.5) is 5.69 Å². The molecule has 27 heavy (non-hydrogen) atoms. The number of allylic oxidation sites excluding steroid dienone is 4. The van der Waals surface area contributed by atoms with Gasteiger partial charge in [-0.1, -0.05) is 42.5 Å². The zero-order chi connectivity index (χ0) is 19.2. The number of rotatable bonds is 6. The third kappa shape index (κ3) is 5.37. The molecule has 2 aliphatic carbocycles. The molecule has 0 amide bonds. The van der Waals surface area contributed by atoms with E-state index in [-0.39, 0.29) is 0 Å². The van der Waals surface area contributed by atoms with Gasteiger partial charge in [-0.15, -0.1) is 0 Å². The standard InChI is InChI=1S/C22H29Cl2N3/c1-15-10-17(16-8-9-20(23)21(24)12-16)11-18(22(15)27-14-25-2)13-26-19-6-4-3-5-7-19/h10-12,14,19,26H,3-9,13H2,1-2H3,(H,25,27). The van der Waals surface area contributed by atoms with E-state index in [2.05, 4.69) is 34.7 Å². The van der Waals surface area contributed by atoms with Gasteiger partial charge in [-0.2, -0.15) is 0 Å². The first-order valence-electron chi connectivity index (χ1n) is 9.87. The highest BCUT2D eigenvalue weighted by Crippen LogP contribution is 2.36. The molecule has 0 radical (unpaired) electrons. The predicted molar refractivity (Wildman–Crippen MR) is 119 cm³/mol. The lowest BCUT2D eigenvalue weighted by Gasteiger charge is -2.24. The Labute approximate surface area is 172 Å². The normalized spacial score (nSPS) is 18.9. The molecule has 2 aliphatic rings. The number of hydrogen-bond donors (Lipinski definition) is 2. The lowest BCUT2D eigenvalue weighted by Crippen LogP contribution is -2.30. The summed E-state index contributed by atoms with van der Waals surface area (Å²) >= 11 is 12.5. The Morgan fingerprint density at radius 2 is 1.93 bits per heavy atom. The maximum atomic E-state index is 6.28. The zero-order valence-electron chi connectivity index (χ0n) is 16.2. The lowest BCUT2D eigenvalue weighted by atomic mass is 9.92. The van der Waals surface area contributed by atoms with Gasteiger partial charge in [0.2, 0.25) is 0 Å². The summed E-state index contributed by atoms with van der Waals surface area (Å²) in [6.45, 7) is 3.00. The summed E-state index contributed by atoms with van der Waals surface area (Å²) in [7, 11) is 1.78. The number of halogens is 2. The van der Waals surface area contributed by atoms with Crippen LogP contribution in [0.15, 0.2) is 33.3 Å². The molecule has 0 saturated heterocycles. The molecule has 3 rings (SSSR count). The summed E-state index contributed by atoms with van der Waals surface area (Å²) in [5.74, 6) is 0. The van der Waals surface area contributed by atoms with Crippen molar-refractivity contribution in [3.05, 3.63) is 45.0 Å². The fourth-order valence-electron chi connectivity index (χ4n) is 3.98. The first kappa shape index (κ1) is 20.4. The number of nitrogens with zero attached hydrogens (tertiary/aromatic N) is 1. The van der Waals surface area contributed by atoms with Crippen LogP contribution in [0.5, 0.6) is 0 Å². The molecule has 2 N–H and O–H groups in total. The largest absolute Gasteiger partial charge is 0.346 e. The van der Waals surface area contributed by atoms with Crippen molar-refractivity contribution in [2.45, 2.75) is 64.5 Å². The van der Waals surface area contributed by atoms with Crippen molar-refractivity contribution in [3.8, 4) is 0 Å². The number of aryl methyl sites for hydroxylation is 1. The average molecular weight is 406 g/mol. The second kappa shape index (κ2) is 9.77. The highest BCUT2D eigenvalue weighted by Gasteiger charge is 2.17. The minimum Gasteiger partial charge on any atom is -0.346 e. The van der Waals surface area contributed by atoms with Crippen molar-refractivity contribution in [3.63, 3.8) is 0 Å². The quantitative estimate of drug-likeness (QED) is 0.426. The first-order chi connectivity index (χ1) is 13.1. The van der Waals surface area contributed by atoms with E-state index in [4.69, 9.17) is 23.2 Å². The van der Waals surface area contributed by atoms with Crippen molar-refractivity contribution < 1.29 is 0 Å². The first-order valence-corrected chi connectivity index (χ1v) is 10.6. The van der Waals surface area contributed by atoms with Crippen LogP contribution in [-0.4, -0.2) is 19.4 Å². The number of nitrogens with one attached hydrogen (secondary N) is 2. The molecule has 0 atom stereocenters. The van der Waals surface area contributed by atoms with Crippen molar-refractivity contribution in [1.82, 2.24) is 5.32 Å². The van der Waals surface area contributed by atoms with Gasteiger partial charge >= 0.3 is 0 Å². The number of hydrogen-bond acceptors (Lipinski definition) is 2. The summed E-state index contributed by atoms with van der Waals surface area (Å²) in [6.07, 6.45) is 12.1. The highest BCUT2D eigenvalue weighted by molar-refractivity contribution is 6.40. The van der Waals surface area contributed by atoms with E-state index in [1.54, 1.807) is 13.4 Å². The topological polar surface area (TPSA) is 36.4 Å². The molecule has 1 aromatic carbocycles. The van der Waals surface area contributed by atoms with Gasteiger partial charge < -0.3 is 10.6 Å². The molecule has 0 unspecified atom stereocenters. The minimum atomic E-state index is 0.625. The Kier molecular flexibility index (Phi) is 7.40. The van der Waals surface area contributed by atoms with Gasteiger partial charge in [0.1, 0.15) is 0 Å². The van der Waals surface area contributed by atoms with Crippen molar-refractivity contribution in [2.24, 2.45) is 4.99 Å². The summed E-state index contributed by atoms with van der Waals surface area (Å²) in [5, 5.41) is 8.55. The number of aliphatic imine (C=N–C) groups is 1. The van der Waals surface area contributed by atoms with Crippen LogP contribution in [0.3, 0.4) is 0 Å². The van der Waals surface area contributed by atoms with Crippen molar-refractivity contribution in [2.75, 3.05) is 12.4 Å². The summed E-state index contributed by atoms with van der Waals surface area (Å²) in [6, 6.07) is 5.13. The van der Waals surface area contributed by atoms with Crippen LogP contribution >= 0.6 is 23.2 Å². The Bertz CT molecular complexity index is 759. The molecule has 0 spiro atoms. The van der Waals surface area contributed by atoms with E-state index >= 15 is 0 Å². The Morgan fingerprint density at radius 3 is 2.63 bits per heavy atom. The van der Waals surface area contributed by atoms with Gasteiger partial charge in [0.05, 0.1) is 11.4 Å². The molecule has 1 fully saturated rings. The van der Waals surface area contributed by atoms with Gasteiger partial charge in [0.25, 0.3) is 0 Å². The molecule has 0 bridgehead atoms. The molecule has 0 aromatic heterocycles. The van der Waals surface area contributed by atoms with Crippen LogP contribution in [0.2, 0.25) is 0 Å². The lowest BCUT2D eigenvalue weighted by molar-refractivity contribution is 0.372. The maximum Gasteiger partial charge on any atom is 0.0864 e. The van der Waals surface area contributed by atoms with Gasteiger partial charge in [0.15, 0.2) is 0 Å². The van der Waals surface area contributed by atoms with E-state index in [0.717, 1.165) is 30.1 Å². The van der Waals surface area contributed by atoms with E-state index in [1.165, 1.54) is 54.4 Å². The monoisotopic (exact) mass is 405 g/mol. The van der Waals surface area contributed by atoms with Crippen LogP contribution in [-0.2, 0) is 6.54 Å². The van der Waals surface area contributed by atoms with Crippen LogP contribution < -0.4 is 10.6 Å². The molecular formula is C22H29Cl2N3. The van der Waals surface area contributed by atoms with E-state index in [9.17, 15) is 0 Å². The predicted octanol–water partition coefficient (Wildman–Crippen LogP) is 6.35. The zero-order valence-corrected chi connectivity index (χ0v) is 17.8. The fraction of sp³-hybridized carbons (Fsp3) is 0.500. The van der Waals surface area contributed by atoms with E-state index in [0.29, 0.717) is 11.1 Å².